The van der Waals surface area contributed by atoms with E-state index in [-0.39, 0.29) is 0 Å². The lowest BCUT2D eigenvalue weighted by atomic mass is 9.88. The van der Waals surface area contributed by atoms with E-state index < -0.39 is 0 Å². The van der Waals surface area contributed by atoms with Crippen molar-refractivity contribution in [3.05, 3.63) is 18.2 Å². The second-order valence-corrected chi connectivity index (χ2v) is 6.26. The standard InChI is InChI=1S/C14H19N3S/c1-17-14(10-6-3-2-4-7-10)16-13-11(15)8-5-9-12(13)18-17/h5,8-10H,2-4,6-7,15H2,1H3. The van der Waals surface area contributed by atoms with Gasteiger partial charge in [-0.25, -0.2) is 4.99 Å². The maximum absolute atomic E-state index is 6.04. The number of benzene rings is 1. The fraction of sp³-hybridized carbons (Fsp3) is 0.500. The molecule has 0 atom stereocenters. The van der Waals surface area contributed by atoms with Crippen molar-refractivity contribution in [3.8, 4) is 0 Å². The molecule has 1 aromatic carbocycles. The molecule has 18 heavy (non-hydrogen) atoms. The number of amidine groups is 1. The first kappa shape index (κ1) is 11.9. The van der Waals surface area contributed by atoms with E-state index in [0.29, 0.717) is 5.92 Å². The maximum atomic E-state index is 6.04. The average molecular weight is 261 g/mol. The van der Waals surface area contributed by atoms with E-state index in [2.05, 4.69) is 17.4 Å². The molecule has 0 unspecified atom stereocenters. The van der Waals surface area contributed by atoms with Crippen LogP contribution < -0.4 is 5.73 Å². The van der Waals surface area contributed by atoms with Crippen LogP contribution in [0, 0.1) is 5.92 Å². The summed E-state index contributed by atoms with van der Waals surface area (Å²) in [5.74, 6) is 1.83. The summed E-state index contributed by atoms with van der Waals surface area (Å²) in [5.41, 5.74) is 7.81. The molecule has 1 fully saturated rings. The summed E-state index contributed by atoms with van der Waals surface area (Å²) in [6.45, 7) is 0. The van der Waals surface area contributed by atoms with E-state index in [9.17, 15) is 0 Å². The van der Waals surface area contributed by atoms with Crippen LogP contribution in [-0.2, 0) is 0 Å². The molecule has 1 aromatic rings. The Balaban J connectivity index is 1.96. The molecule has 0 spiro atoms. The van der Waals surface area contributed by atoms with E-state index in [0.717, 1.165) is 16.3 Å². The average Bonchev–Trinajstić information content (AvgIpc) is 2.39. The van der Waals surface area contributed by atoms with Crippen molar-refractivity contribution in [2.24, 2.45) is 10.9 Å². The summed E-state index contributed by atoms with van der Waals surface area (Å²) in [4.78, 5) is 6.01. The van der Waals surface area contributed by atoms with Gasteiger partial charge in [-0.15, -0.1) is 0 Å². The second-order valence-electron chi connectivity index (χ2n) is 5.09. The number of nitrogens with two attached hydrogens (primary N) is 1. The van der Waals surface area contributed by atoms with Gasteiger partial charge in [-0.3, -0.25) is 0 Å². The number of hydrogen-bond acceptors (Lipinski definition) is 4. The van der Waals surface area contributed by atoms with E-state index in [1.165, 1.54) is 37.9 Å². The molecule has 96 valence electrons. The molecule has 3 rings (SSSR count). The first-order valence-electron chi connectivity index (χ1n) is 6.64. The fourth-order valence-electron chi connectivity index (χ4n) is 2.82. The molecule has 0 saturated heterocycles. The van der Waals surface area contributed by atoms with Crippen LogP contribution in [0.25, 0.3) is 0 Å². The van der Waals surface area contributed by atoms with Gasteiger partial charge in [0, 0.05) is 13.0 Å². The third-order valence-electron chi connectivity index (χ3n) is 3.78. The molecular formula is C14H19N3S. The van der Waals surface area contributed by atoms with E-state index >= 15 is 0 Å². The van der Waals surface area contributed by atoms with Gasteiger partial charge in [0.25, 0.3) is 0 Å². The minimum absolute atomic E-state index is 0.615. The monoisotopic (exact) mass is 261 g/mol. The number of aliphatic imine (C=N–C) groups is 1. The van der Waals surface area contributed by atoms with E-state index in [1.54, 1.807) is 11.9 Å². The minimum atomic E-state index is 0.615. The van der Waals surface area contributed by atoms with Crippen molar-refractivity contribution in [3.63, 3.8) is 0 Å². The third-order valence-corrected chi connectivity index (χ3v) is 4.77. The van der Waals surface area contributed by atoms with Crippen molar-refractivity contribution in [2.75, 3.05) is 12.8 Å². The maximum Gasteiger partial charge on any atom is 0.118 e. The molecule has 2 aliphatic rings. The molecule has 2 N–H and O–H groups in total. The fourth-order valence-corrected chi connectivity index (χ4v) is 3.79. The molecule has 0 bridgehead atoms. The van der Waals surface area contributed by atoms with Crippen molar-refractivity contribution >= 4 is 29.2 Å². The number of rotatable bonds is 1. The number of fused-ring (bicyclic) bond motifs is 1. The molecule has 1 saturated carbocycles. The molecule has 0 amide bonds. The zero-order valence-corrected chi connectivity index (χ0v) is 11.5. The topological polar surface area (TPSA) is 41.6 Å². The van der Waals surface area contributed by atoms with Gasteiger partial charge in [-0.2, -0.15) is 0 Å². The van der Waals surface area contributed by atoms with Crippen LogP contribution in [0.3, 0.4) is 0 Å². The Hall–Kier alpha value is -1.16. The number of nitrogens with zero attached hydrogens (tertiary/aromatic N) is 2. The zero-order valence-electron chi connectivity index (χ0n) is 10.7. The van der Waals surface area contributed by atoms with Gasteiger partial charge in [-0.05, 0) is 36.9 Å². The lowest BCUT2D eigenvalue weighted by Gasteiger charge is -2.32. The molecule has 1 heterocycles. The zero-order chi connectivity index (χ0) is 12.5. The van der Waals surface area contributed by atoms with Crippen LogP contribution in [-0.4, -0.2) is 17.2 Å². The van der Waals surface area contributed by atoms with Gasteiger partial charge in [0.15, 0.2) is 0 Å². The molecule has 0 aromatic heterocycles. The number of anilines is 1. The predicted molar refractivity (Wildman–Crippen MR) is 78.1 cm³/mol. The van der Waals surface area contributed by atoms with Gasteiger partial charge >= 0.3 is 0 Å². The Morgan fingerprint density at radius 3 is 2.83 bits per heavy atom. The molecule has 1 aliphatic heterocycles. The van der Waals surface area contributed by atoms with Crippen LogP contribution in [0.2, 0.25) is 0 Å². The Morgan fingerprint density at radius 2 is 2.06 bits per heavy atom. The highest BCUT2D eigenvalue weighted by Gasteiger charge is 2.27. The first-order valence-corrected chi connectivity index (χ1v) is 7.42. The highest BCUT2D eigenvalue weighted by molar-refractivity contribution is 7.97. The molecule has 3 nitrogen and oxygen atoms in total. The smallest absolute Gasteiger partial charge is 0.118 e. The lowest BCUT2D eigenvalue weighted by Crippen LogP contribution is -2.31. The Kier molecular flexibility index (Phi) is 3.20. The Bertz CT molecular complexity index is 478. The van der Waals surface area contributed by atoms with Gasteiger partial charge in [0.1, 0.15) is 11.5 Å². The van der Waals surface area contributed by atoms with E-state index in [4.69, 9.17) is 10.7 Å². The van der Waals surface area contributed by atoms with Gasteiger partial charge < -0.3 is 10.0 Å². The normalized spacial score (nSPS) is 20.5. The Labute approximate surface area is 113 Å². The van der Waals surface area contributed by atoms with Gasteiger partial charge in [0.2, 0.25) is 0 Å². The number of hydrogen-bond donors (Lipinski definition) is 1. The minimum Gasteiger partial charge on any atom is -0.397 e. The van der Waals surface area contributed by atoms with Gasteiger partial charge in [0.05, 0.1) is 10.6 Å². The summed E-state index contributed by atoms with van der Waals surface area (Å²) in [5, 5.41) is 0. The first-order chi connectivity index (χ1) is 8.75. The summed E-state index contributed by atoms with van der Waals surface area (Å²) in [7, 11) is 2.12. The largest absolute Gasteiger partial charge is 0.397 e. The predicted octanol–water partition coefficient (Wildman–Crippen LogP) is 3.83. The van der Waals surface area contributed by atoms with Crippen LogP contribution in [0.4, 0.5) is 11.4 Å². The van der Waals surface area contributed by atoms with Crippen LogP contribution in [0.15, 0.2) is 28.1 Å². The highest BCUT2D eigenvalue weighted by atomic mass is 32.2. The van der Waals surface area contributed by atoms with Crippen LogP contribution in [0.5, 0.6) is 0 Å². The Morgan fingerprint density at radius 1 is 1.28 bits per heavy atom. The van der Waals surface area contributed by atoms with Crippen molar-refractivity contribution in [2.45, 2.75) is 37.0 Å². The number of nitrogen functional groups attached to an aromatic ring is 1. The second kappa shape index (κ2) is 4.84. The molecule has 0 radical (unpaired) electrons. The molecule has 4 heteroatoms. The molecule has 1 aliphatic carbocycles. The van der Waals surface area contributed by atoms with E-state index in [1.807, 2.05) is 12.1 Å². The van der Waals surface area contributed by atoms with Crippen molar-refractivity contribution < 1.29 is 0 Å². The highest BCUT2D eigenvalue weighted by Crippen LogP contribution is 2.42. The number of para-hydroxylation sites is 1. The summed E-state index contributed by atoms with van der Waals surface area (Å²) in [6, 6.07) is 6.02. The van der Waals surface area contributed by atoms with Crippen LogP contribution in [0.1, 0.15) is 32.1 Å². The quantitative estimate of drug-likeness (QED) is 0.617. The third kappa shape index (κ3) is 2.09. The summed E-state index contributed by atoms with van der Waals surface area (Å²) < 4.78 is 2.22. The lowest BCUT2D eigenvalue weighted by molar-refractivity contribution is 0.424. The van der Waals surface area contributed by atoms with Crippen LogP contribution >= 0.6 is 11.9 Å². The molecular weight excluding hydrogens is 242 g/mol. The summed E-state index contributed by atoms with van der Waals surface area (Å²) in [6.07, 6.45) is 6.58. The van der Waals surface area contributed by atoms with Gasteiger partial charge in [-0.1, -0.05) is 25.3 Å². The summed E-state index contributed by atoms with van der Waals surface area (Å²) >= 11 is 1.75. The van der Waals surface area contributed by atoms with Crippen molar-refractivity contribution in [1.29, 1.82) is 0 Å². The SMILES string of the molecule is CN1Sc2cccc(N)c2N=C1C1CCCCC1. The van der Waals surface area contributed by atoms with Crippen molar-refractivity contribution in [1.82, 2.24) is 4.31 Å².